The van der Waals surface area contributed by atoms with Gasteiger partial charge >= 0.3 is 0 Å². The third-order valence-corrected chi connectivity index (χ3v) is 14.9. The zero-order valence-electron chi connectivity index (χ0n) is 34.4. The van der Waals surface area contributed by atoms with Crippen molar-refractivity contribution >= 4 is 24.1 Å². The van der Waals surface area contributed by atoms with Gasteiger partial charge in [-0.3, -0.25) is 16.0 Å². The number of aliphatic hydroxyl groups is 1. The summed E-state index contributed by atoms with van der Waals surface area (Å²) in [5, 5.41) is 79.7. The van der Waals surface area contributed by atoms with E-state index in [4.69, 9.17) is 49.9 Å². The highest BCUT2D eigenvalue weighted by Gasteiger charge is 2.48. The van der Waals surface area contributed by atoms with Crippen molar-refractivity contribution in [2.75, 3.05) is 13.2 Å². The van der Waals surface area contributed by atoms with E-state index in [-0.39, 0.29) is 78.2 Å². The SMILES string of the molecule is CCOC1NC(NC2CCC3C(C2)CC(SOOO)C(N=NC2CC(C)C(N=NC4CCC(N=NC5CCC(SOOO)CC5)CC4)CC2C)C3O)NC(OCC)N1. The normalized spacial score (nSPS) is 43.0. The first-order chi connectivity index (χ1) is 28.3. The van der Waals surface area contributed by atoms with E-state index in [0.29, 0.717) is 24.4 Å². The predicted molar refractivity (Wildman–Crippen MR) is 217 cm³/mol. The van der Waals surface area contributed by atoms with Crippen molar-refractivity contribution in [1.29, 1.82) is 0 Å². The van der Waals surface area contributed by atoms with Crippen molar-refractivity contribution in [2.24, 2.45) is 54.4 Å². The number of fused-ring (bicyclic) bond motifs is 1. The van der Waals surface area contributed by atoms with Gasteiger partial charge < -0.3 is 14.6 Å². The van der Waals surface area contributed by atoms with Crippen LogP contribution in [0.15, 0.2) is 30.7 Å². The fourth-order valence-corrected chi connectivity index (χ4v) is 11.2. The molecule has 1 aliphatic heterocycles. The Labute approximate surface area is 351 Å². The first kappa shape index (κ1) is 46.5. The predicted octanol–water partition coefficient (Wildman–Crippen LogP) is 6.49. The first-order valence-electron chi connectivity index (χ1n) is 21.7. The van der Waals surface area contributed by atoms with Gasteiger partial charge in [0.05, 0.1) is 41.6 Å². The monoisotopic (exact) mass is 860 g/mol. The molecule has 0 radical (unpaired) electrons. The minimum Gasteiger partial charge on any atom is -0.390 e. The van der Waals surface area contributed by atoms with Gasteiger partial charge in [-0.2, -0.15) is 30.7 Å². The minimum absolute atomic E-state index is 0.0236. The molecule has 58 heavy (non-hydrogen) atoms. The van der Waals surface area contributed by atoms with Crippen LogP contribution in [0.3, 0.4) is 0 Å². The summed E-state index contributed by atoms with van der Waals surface area (Å²) in [6.07, 6.45) is 11.3. The van der Waals surface area contributed by atoms with Crippen LogP contribution in [-0.2, 0) is 28.2 Å². The maximum atomic E-state index is 11.8. The van der Waals surface area contributed by atoms with E-state index in [9.17, 15) is 5.11 Å². The molecule has 12 unspecified atom stereocenters. The van der Waals surface area contributed by atoms with Crippen molar-refractivity contribution in [3.8, 4) is 0 Å². The van der Waals surface area contributed by atoms with Crippen LogP contribution < -0.4 is 21.3 Å². The quantitative estimate of drug-likeness (QED) is 0.0338. The first-order valence-corrected chi connectivity index (χ1v) is 23.3. The number of nitrogens with one attached hydrogen (secondary N) is 4. The van der Waals surface area contributed by atoms with E-state index in [1.807, 2.05) is 13.8 Å². The van der Waals surface area contributed by atoms with Gasteiger partial charge in [0, 0.05) is 48.6 Å². The second-order valence-electron chi connectivity index (χ2n) is 17.1. The molecular weight excluding hydrogens is 793 g/mol. The van der Waals surface area contributed by atoms with Crippen molar-refractivity contribution in [3.63, 3.8) is 0 Å². The Bertz CT molecular complexity index is 1270. The van der Waals surface area contributed by atoms with Crippen molar-refractivity contribution in [2.45, 2.75) is 195 Å². The second-order valence-corrected chi connectivity index (χ2v) is 19.0. The molecule has 0 spiro atoms. The Morgan fingerprint density at radius 2 is 1.16 bits per heavy atom. The van der Waals surface area contributed by atoms with Crippen LogP contribution in [0.5, 0.6) is 0 Å². The Morgan fingerprint density at radius 1 is 0.621 bits per heavy atom. The van der Waals surface area contributed by atoms with Crippen LogP contribution in [-0.4, -0.2) is 107 Å². The van der Waals surface area contributed by atoms with Gasteiger partial charge in [-0.15, -0.1) is 8.67 Å². The highest BCUT2D eigenvalue weighted by Crippen LogP contribution is 2.46. The van der Waals surface area contributed by atoms with Gasteiger partial charge in [-0.25, -0.2) is 15.8 Å². The fraction of sp³-hybridized carbons (Fsp3) is 1.00. The largest absolute Gasteiger partial charge is 0.390 e. The molecule has 0 amide bonds. The smallest absolute Gasteiger partial charge is 0.168 e. The summed E-state index contributed by atoms with van der Waals surface area (Å²) in [4.78, 5) is 0. The topological polar surface area (TPSA) is 238 Å². The molecule has 6 aliphatic rings. The number of nitrogens with zero attached hydrogens (tertiary/aromatic N) is 6. The highest BCUT2D eigenvalue weighted by molar-refractivity contribution is 7.95. The Morgan fingerprint density at radius 3 is 1.72 bits per heavy atom. The number of hydrogen-bond donors (Lipinski definition) is 7. The molecule has 19 nitrogen and oxygen atoms in total. The van der Waals surface area contributed by atoms with Crippen LogP contribution in [0.4, 0.5) is 0 Å². The maximum Gasteiger partial charge on any atom is 0.168 e. The molecule has 6 rings (SSSR count). The molecule has 5 saturated carbocycles. The van der Waals surface area contributed by atoms with Gasteiger partial charge in [0.25, 0.3) is 0 Å². The van der Waals surface area contributed by atoms with Gasteiger partial charge in [0.15, 0.2) is 12.7 Å². The molecule has 12 atom stereocenters. The van der Waals surface area contributed by atoms with Gasteiger partial charge in [0.1, 0.15) is 12.3 Å². The molecule has 1 saturated heterocycles. The van der Waals surface area contributed by atoms with Crippen molar-refractivity contribution < 1.29 is 43.8 Å². The number of azo groups is 3. The fourth-order valence-electron chi connectivity index (χ4n) is 9.83. The van der Waals surface area contributed by atoms with Gasteiger partial charge in [-0.1, -0.05) is 23.9 Å². The molecule has 5 aliphatic carbocycles. The van der Waals surface area contributed by atoms with Crippen LogP contribution in [0.25, 0.3) is 0 Å². The second kappa shape index (κ2) is 24.0. The van der Waals surface area contributed by atoms with Gasteiger partial charge in [-0.05, 0) is 127 Å². The highest BCUT2D eigenvalue weighted by atomic mass is 32.2. The summed E-state index contributed by atoms with van der Waals surface area (Å²) in [6.45, 7) is 9.48. The average molecular weight is 861 g/mol. The molecule has 0 aromatic heterocycles. The summed E-state index contributed by atoms with van der Waals surface area (Å²) in [6, 6.07) is 0.650. The average Bonchev–Trinajstić information content (AvgIpc) is 3.22. The van der Waals surface area contributed by atoms with Crippen molar-refractivity contribution in [1.82, 2.24) is 21.3 Å². The van der Waals surface area contributed by atoms with Gasteiger partial charge in [0.2, 0.25) is 0 Å². The summed E-state index contributed by atoms with van der Waals surface area (Å²) >= 11 is 2.18. The summed E-state index contributed by atoms with van der Waals surface area (Å²) in [5.41, 5.74) is 0. The summed E-state index contributed by atoms with van der Waals surface area (Å²) in [7, 11) is 0. The van der Waals surface area contributed by atoms with E-state index in [2.05, 4.69) is 54.6 Å². The van der Waals surface area contributed by atoms with E-state index < -0.39 is 12.1 Å². The van der Waals surface area contributed by atoms with Crippen LogP contribution >= 0.6 is 24.1 Å². The molecule has 7 N–H and O–H groups in total. The number of rotatable bonds is 18. The lowest BCUT2D eigenvalue weighted by molar-refractivity contribution is -0.432. The lowest BCUT2D eigenvalue weighted by Crippen LogP contribution is -2.73. The minimum atomic E-state index is -0.689. The third kappa shape index (κ3) is 13.5. The van der Waals surface area contributed by atoms with Crippen LogP contribution in [0, 0.1) is 23.7 Å². The Balaban J connectivity index is 0.954. The molecule has 0 bridgehead atoms. The number of hydrogen-bond acceptors (Lipinski definition) is 21. The molecule has 332 valence electrons. The molecule has 0 aromatic carbocycles. The zero-order valence-corrected chi connectivity index (χ0v) is 36.1. The van der Waals surface area contributed by atoms with E-state index in [1.165, 1.54) is 12.0 Å². The zero-order chi connectivity index (χ0) is 40.9. The van der Waals surface area contributed by atoms with Crippen LogP contribution in [0.1, 0.15) is 118 Å². The third-order valence-electron chi connectivity index (χ3n) is 13.1. The molecule has 1 heterocycles. The number of aliphatic hydroxyl groups excluding tert-OH is 1. The van der Waals surface area contributed by atoms with E-state index in [1.54, 1.807) is 0 Å². The Hall–Kier alpha value is -1.02. The molecule has 6 fully saturated rings. The summed E-state index contributed by atoms with van der Waals surface area (Å²) in [5.74, 6) is 0.885. The standard InChI is InChI=1S/C37H68N10O9S2/c1-5-51-36-39-35(40-37(41-36)52-6-2)38-27-13-16-29-23(19-27)20-32(58-56-54-50)33(34(29)48)47-46-31-18-21(3)30(17-22(31)4)45-44-25-9-7-24(8-10-25)42-43-26-11-14-28(15-12-26)57-55-53-49/h21-41,48-50H,5-20H2,1-4H3. The Kier molecular flexibility index (Phi) is 19.2. The molecular formula is C37H68N10O9S2. The lowest BCUT2D eigenvalue weighted by Gasteiger charge is -2.48. The van der Waals surface area contributed by atoms with Crippen LogP contribution in [0.2, 0.25) is 0 Å². The van der Waals surface area contributed by atoms with E-state index >= 15 is 0 Å². The lowest BCUT2D eigenvalue weighted by atomic mass is 9.66. The number of ether oxygens (including phenoxy) is 2. The summed E-state index contributed by atoms with van der Waals surface area (Å²) < 4.78 is 21.1. The molecule has 21 heteroatoms. The maximum absolute atomic E-state index is 11.8. The molecule has 0 aromatic rings. The van der Waals surface area contributed by atoms with Crippen molar-refractivity contribution in [3.05, 3.63) is 0 Å². The van der Waals surface area contributed by atoms with E-state index in [0.717, 1.165) is 102 Å².